The van der Waals surface area contributed by atoms with E-state index in [9.17, 15) is 0 Å². The Morgan fingerprint density at radius 1 is 0.720 bits per heavy atom. The van der Waals surface area contributed by atoms with Gasteiger partial charge < -0.3 is 33.2 Å². The zero-order valence-electron chi connectivity index (χ0n) is 15.9. The Balaban J connectivity index is 0.00000312. The number of likely N-dealkylation sites (N-methyl/N-ethyl adjacent to an activating group) is 1. The maximum absolute atomic E-state index is 5.97. The molecule has 0 atom stereocenters. The summed E-state index contributed by atoms with van der Waals surface area (Å²) >= 11 is 0. The van der Waals surface area contributed by atoms with Gasteiger partial charge in [0.15, 0.2) is 0 Å². The third-order valence-electron chi connectivity index (χ3n) is 5.32. The fourth-order valence-electron chi connectivity index (χ4n) is 3.19. The van der Waals surface area contributed by atoms with Crippen molar-refractivity contribution in [1.82, 2.24) is 0 Å². The van der Waals surface area contributed by atoms with Crippen molar-refractivity contribution in [2.45, 2.75) is 33.6 Å². The number of rotatable bonds is 10. The first-order valence-corrected chi connectivity index (χ1v) is 9.32. The van der Waals surface area contributed by atoms with Crippen LogP contribution in [0.15, 0.2) is 54.6 Å². The van der Waals surface area contributed by atoms with Gasteiger partial charge in [-0.05, 0) is 56.9 Å². The zero-order valence-corrected chi connectivity index (χ0v) is 18.0. The zero-order chi connectivity index (χ0) is 17.3. The number of aryl methyl sites for hydroxylation is 2. The van der Waals surface area contributed by atoms with Crippen LogP contribution < -0.4 is 28.7 Å². The molecule has 2 aromatic rings. The molecule has 0 aliphatic heterocycles. The summed E-state index contributed by atoms with van der Waals surface area (Å²) in [7, 11) is 0. The van der Waals surface area contributed by atoms with Crippen LogP contribution in [0.3, 0.4) is 0 Å². The van der Waals surface area contributed by atoms with Crippen LogP contribution in [0.5, 0.6) is 5.75 Å². The molecule has 138 valence electrons. The summed E-state index contributed by atoms with van der Waals surface area (Å²) < 4.78 is 7.10. The van der Waals surface area contributed by atoms with Gasteiger partial charge in [-0.3, -0.25) is 0 Å². The molecule has 0 amide bonds. The van der Waals surface area contributed by atoms with E-state index >= 15 is 0 Å². The van der Waals surface area contributed by atoms with Gasteiger partial charge in [0.2, 0.25) is 0 Å². The van der Waals surface area contributed by atoms with E-state index in [1.165, 1.54) is 30.8 Å². The third-order valence-corrected chi connectivity index (χ3v) is 5.32. The van der Waals surface area contributed by atoms with E-state index in [1.807, 2.05) is 0 Å². The maximum atomic E-state index is 5.97. The van der Waals surface area contributed by atoms with Crippen LogP contribution in [-0.2, 0) is 12.8 Å². The van der Waals surface area contributed by atoms with Crippen LogP contribution in [0.4, 0.5) is 0 Å². The van der Waals surface area contributed by atoms with Gasteiger partial charge in [-0.2, -0.15) is 0 Å². The molecule has 0 aliphatic carbocycles. The van der Waals surface area contributed by atoms with E-state index in [4.69, 9.17) is 4.74 Å². The van der Waals surface area contributed by atoms with Crippen molar-refractivity contribution in [3.63, 3.8) is 0 Å². The minimum absolute atomic E-state index is 0. The van der Waals surface area contributed by atoms with E-state index in [1.54, 1.807) is 0 Å². The molecule has 0 aromatic heterocycles. The predicted molar refractivity (Wildman–Crippen MR) is 103 cm³/mol. The first-order valence-electron chi connectivity index (χ1n) is 9.32. The summed E-state index contributed by atoms with van der Waals surface area (Å²) in [5, 5.41) is 0. The SMILES string of the molecule is CC[N+](CC)(CC)CCOc1ccc(CCc2ccccc2)cc1.[I-]. The van der Waals surface area contributed by atoms with Crippen LogP contribution in [-0.4, -0.2) is 37.3 Å². The molecule has 3 heteroatoms. The highest BCUT2D eigenvalue weighted by Gasteiger charge is 2.20. The normalized spacial score (nSPS) is 11.0. The minimum Gasteiger partial charge on any atom is -1.00 e. The molecule has 0 bridgehead atoms. The van der Waals surface area contributed by atoms with Gasteiger partial charge in [-0.25, -0.2) is 0 Å². The molecule has 2 rings (SSSR count). The van der Waals surface area contributed by atoms with Crippen molar-refractivity contribution < 1.29 is 33.2 Å². The van der Waals surface area contributed by atoms with Gasteiger partial charge in [-0.1, -0.05) is 42.5 Å². The van der Waals surface area contributed by atoms with Gasteiger partial charge in [0.25, 0.3) is 0 Å². The number of hydrogen-bond donors (Lipinski definition) is 0. The highest BCUT2D eigenvalue weighted by Crippen LogP contribution is 2.15. The van der Waals surface area contributed by atoms with Crippen molar-refractivity contribution in [3.05, 3.63) is 65.7 Å². The third kappa shape index (κ3) is 6.98. The van der Waals surface area contributed by atoms with Crippen molar-refractivity contribution in [3.8, 4) is 5.75 Å². The molecular weight excluding hydrogens is 421 g/mol. The Morgan fingerprint density at radius 2 is 1.24 bits per heavy atom. The summed E-state index contributed by atoms with van der Waals surface area (Å²) in [5.41, 5.74) is 2.76. The van der Waals surface area contributed by atoms with Gasteiger partial charge in [0.05, 0.1) is 19.6 Å². The Hall–Kier alpha value is -1.07. The van der Waals surface area contributed by atoms with Crippen LogP contribution in [0.2, 0.25) is 0 Å². The van der Waals surface area contributed by atoms with Crippen LogP contribution in [0.25, 0.3) is 0 Å². The smallest absolute Gasteiger partial charge is 0.137 e. The summed E-state index contributed by atoms with van der Waals surface area (Å²) in [5.74, 6) is 0.986. The molecule has 0 unspecified atom stereocenters. The topological polar surface area (TPSA) is 9.23 Å². The molecule has 0 radical (unpaired) electrons. The second kappa shape index (κ2) is 11.5. The second-order valence-corrected chi connectivity index (χ2v) is 6.49. The van der Waals surface area contributed by atoms with Gasteiger partial charge in [0, 0.05) is 0 Å². The lowest BCUT2D eigenvalue weighted by Gasteiger charge is -2.35. The molecule has 0 aliphatic rings. The van der Waals surface area contributed by atoms with Crippen LogP contribution >= 0.6 is 0 Å². The van der Waals surface area contributed by atoms with Crippen molar-refractivity contribution in [2.75, 3.05) is 32.8 Å². The lowest BCUT2D eigenvalue weighted by Crippen LogP contribution is -3.00. The summed E-state index contributed by atoms with van der Waals surface area (Å²) in [4.78, 5) is 0. The van der Waals surface area contributed by atoms with Gasteiger partial charge >= 0.3 is 0 Å². The fraction of sp³-hybridized carbons (Fsp3) is 0.455. The number of benzene rings is 2. The van der Waals surface area contributed by atoms with Crippen molar-refractivity contribution in [2.24, 2.45) is 0 Å². The molecule has 0 saturated heterocycles. The Bertz CT molecular complexity index is 570. The molecular formula is C22H32INO. The molecule has 0 fully saturated rings. The molecule has 25 heavy (non-hydrogen) atoms. The van der Waals surface area contributed by atoms with Gasteiger partial charge in [0.1, 0.15) is 18.9 Å². The molecule has 2 nitrogen and oxygen atoms in total. The summed E-state index contributed by atoms with van der Waals surface area (Å²) in [6.45, 7) is 12.2. The van der Waals surface area contributed by atoms with E-state index in [0.717, 1.165) is 36.2 Å². The first kappa shape index (κ1) is 22.0. The number of halogens is 1. The van der Waals surface area contributed by atoms with E-state index in [0.29, 0.717) is 0 Å². The Kier molecular flexibility index (Phi) is 10.1. The molecule has 2 aromatic carbocycles. The number of nitrogens with zero attached hydrogens (tertiary/aromatic N) is 1. The molecule has 0 saturated carbocycles. The van der Waals surface area contributed by atoms with Crippen molar-refractivity contribution in [1.29, 1.82) is 0 Å². The maximum Gasteiger partial charge on any atom is 0.137 e. The molecule has 0 heterocycles. The molecule has 0 spiro atoms. The quantitative estimate of drug-likeness (QED) is 0.394. The van der Waals surface area contributed by atoms with Crippen LogP contribution in [0.1, 0.15) is 31.9 Å². The van der Waals surface area contributed by atoms with E-state index < -0.39 is 0 Å². The van der Waals surface area contributed by atoms with E-state index in [-0.39, 0.29) is 24.0 Å². The average Bonchev–Trinajstić information content (AvgIpc) is 2.66. The first-order chi connectivity index (χ1) is 11.7. The van der Waals surface area contributed by atoms with Crippen LogP contribution in [0, 0.1) is 0 Å². The van der Waals surface area contributed by atoms with Crippen molar-refractivity contribution >= 4 is 0 Å². The Morgan fingerprint density at radius 3 is 1.76 bits per heavy atom. The number of ether oxygens (including phenoxy) is 1. The minimum atomic E-state index is 0. The lowest BCUT2D eigenvalue weighted by atomic mass is 10.0. The monoisotopic (exact) mass is 453 g/mol. The standard InChI is InChI=1S/C22H32NO.HI/c1-4-23(5-2,6-3)18-19-24-22-16-14-21(15-17-22)13-12-20-10-8-7-9-11-20;/h7-11,14-17H,4-6,12-13,18-19H2,1-3H3;1H/q+1;/p-1. The highest BCUT2D eigenvalue weighted by molar-refractivity contribution is 5.28. The second-order valence-electron chi connectivity index (χ2n) is 6.49. The summed E-state index contributed by atoms with van der Waals surface area (Å²) in [6.07, 6.45) is 2.16. The highest BCUT2D eigenvalue weighted by atomic mass is 127. The fourth-order valence-corrected chi connectivity index (χ4v) is 3.19. The number of quaternary nitrogens is 1. The Labute approximate surface area is 170 Å². The molecule has 0 N–H and O–H groups in total. The average molecular weight is 453 g/mol. The largest absolute Gasteiger partial charge is 1.00 e. The van der Waals surface area contributed by atoms with Gasteiger partial charge in [-0.15, -0.1) is 0 Å². The summed E-state index contributed by atoms with van der Waals surface area (Å²) in [6, 6.07) is 19.3. The van der Waals surface area contributed by atoms with E-state index in [2.05, 4.69) is 75.4 Å². The predicted octanol–water partition coefficient (Wildman–Crippen LogP) is 1.73. The number of hydrogen-bond acceptors (Lipinski definition) is 1. The lowest BCUT2D eigenvalue weighted by molar-refractivity contribution is -0.923.